The van der Waals surface area contributed by atoms with Crippen molar-refractivity contribution in [1.82, 2.24) is 0 Å². The molecule has 1 fully saturated rings. The molecule has 1 aliphatic heterocycles. The molecule has 0 aliphatic carbocycles. The molecule has 0 aromatic heterocycles. The molecule has 0 aromatic rings. The minimum atomic E-state index is -5.07. The van der Waals surface area contributed by atoms with Gasteiger partial charge < -0.3 is 34.3 Å². The van der Waals surface area contributed by atoms with Crippen LogP contribution in [0.2, 0.25) is 0 Å². The molecular weight excluding hydrogens is 849 g/mol. The molecule has 1 heterocycles. The van der Waals surface area contributed by atoms with Crippen molar-refractivity contribution in [2.75, 3.05) is 26.4 Å². The van der Waals surface area contributed by atoms with Crippen LogP contribution < -0.4 is 0 Å². The Bertz CT molecular complexity index is 1270. The average molecular weight is 945 g/mol. The van der Waals surface area contributed by atoms with Crippen LogP contribution in [0.3, 0.4) is 0 Å². The fraction of sp³-hybridized carbons (Fsp3) is 0.865. The zero-order valence-electron chi connectivity index (χ0n) is 41.1. The van der Waals surface area contributed by atoms with Gasteiger partial charge in [0.1, 0.15) is 30.5 Å². The lowest BCUT2D eigenvalue weighted by molar-refractivity contribution is -0.301. The highest BCUT2D eigenvalue weighted by Gasteiger charge is 2.48. The fourth-order valence-electron chi connectivity index (χ4n) is 7.99. The monoisotopic (exact) mass is 945 g/mol. The van der Waals surface area contributed by atoms with E-state index in [0.717, 1.165) is 51.4 Å². The van der Waals surface area contributed by atoms with Gasteiger partial charge in [0, 0.05) is 13.0 Å². The van der Waals surface area contributed by atoms with Crippen molar-refractivity contribution in [3.63, 3.8) is 0 Å². The Morgan fingerprint density at radius 2 is 1.02 bits per heavy atom. The molecular formula is C52H96O12S. The van der Waals surface area contributed by atoms with E-state index in [4.69, 9.17) is 18.9 Å². The number of carbonyl (C=O) groups is 1. The number of esters is 1. The minimum absolute atomic E-state index is 0.0326. The summed E-state index contributed by atoms with van der Waals surface area (Å²) >= 11 is 0. The molecule has 1 saturated heterocycles. The molecule has 6 unspecified atom stereocenters. The summed E-state index contributed by atoms with van der Waals surface area (Å²) < 4.78 is 59.3. The van der Waals surface area contributed by atoms with Crippen molar-refractivity contribution < 1.29 is 56.2 Å². The van der Waals surface area contributed by atoms with Crippen molar-refractivity contribution in [2.24, 2.45) is 0 Å². The van der Waals surface area contributed by atoms with Crippen molar-refractivity contribution in [2.45, 2.75) is 263 Å². The van der Waals surface area contributed by atoms with Crippen LogP contribution in [0.15, 0.2) is 36.5 Å². The van der Waals surface area contributed by atoms with Crippen molar-refractivity contribution in [1.29, 1.82) is 0 Å². The maximum Gasteiger partial charge on any atom is 0.397 e. The first-order valence-electron chi connectivity index (χ1n) is 26.2. The Labute approximate surface area is 396 Å². The molecule has 382 valence electrons. The first-order valence-corrected chi connectivity index (χ1v) is 27.6. The molecule has 13 heteroatoms. The SMILES string of the molecule is CCCCCC/C=C\C/C=C\CCCCCCCCCCOCC(COC1OC(CO)C(O)C(OS(=O)(=O)O)C1O)OC(=O)CCCCCCCCCCC/C=C\CCCCCCCC. The van der Waals surface area contributed by atoms with Gasteiger partial charge in [0.05, 0.1) is 19.8 Å². The molecule has 0 saturated carbocycles. The zero-order valence-corrected chi connectivity index (χ0v) is 41.9. The Kier molecular flexibility index (Phi) is 41.1. The zero-order chi connectivity index (χ0) is 47.5. The lowest BCUT2D eigenvalue weighted by Gasteiger charge is -2.41. The van der Waals surface area contributed by atoms with E-state index in [1.807, 2.05) is 0 Å². The normalized spacial score (nSPS) is 19.9. The highest BCUT2D eigenvalue weighted by Crippen LogP contribution is 2.26. The molecule has 0 spiro atoms. The summed E-state index contributed by atoms with van der Waals surface area (Å²) in [5, 5.41) is 30.8. The Balaban J connectivity index is 2.36. The van der Waals surface area contributed by atoms with E-state index in [1.165, 1.54) is 148 Å². The van der Waals surface area contributed by atoms with Gasteiger partial charge in [-0.05, 0) is 70.6 Å². The molecule has 0 amide bonds. The van der Waals surface area contributed by atoms with E-state index in [1.54, 1.807) is 0 Å². The number of unbranched alkanes of at least 4 members (excludes halogenated alkanes) is 27. The third-order valence-corrected chi connectivity index (χ3v) is 12.5. The fourth-order valence-corrected chi connectivity index (χ4v) is 8.50. The lowest BCUT2D eigenvalue weighted by Crippen LogP contribution is -2.60. The first kappa shape index (κ1) is 61.3. The van der Waals surface area contributed by atoms with Crippen molar-refractivity contribution in [3.05, 3.63) is 36.5 Å². The van der Waals surface area contributed by atoms with E-state index in [9.17, 15) is 33.1 Å². The van der Waals surface area contributed by atoms with Gasteiger partial charge in [-0.15, -0.1) is 0 Å². The summed E-state index contributed by atoms with van der Waals surface area (Å²) in [4.78, 5) is 12.9. The summed E-state index contributed by atoms with van der Waals surface area (Å²) in [7, 11) is -5.07. The second-order valence-electron chi connectivity index (χ2n) is 18.1. The van der Waals surface area contributed by atoms with Crippen LogP contribution in [0, 0.1) is 0 Å². The van der Waals surface area contributed by atoms with Gasteiger partial charge in [0.15, 0.2) is 6.29 Å². The number of hydrogen-bond acceptors (Lipinski definition) is 11. The minimum Gasteiger partial charge on any atom is -0.457 e. The number of hydrogen-bond donors (Lipinski definition) is 4. The third-order valence-electron chi connectivity index (χ3n) is 12.0. The number of ether oxygens (including phenoxy) is 4. The molecule has 0 aromatic carbocycles. The largest absolute Gasteiger partial charge is 0.457 e. The van der Waals surface area contributed by atoms with Crippen LogP contribution >= 0.6 is 0 Å². The van der Waals surface area contributed by atoms with Crippen LogP contribution in [-0.4, -0.2) is 97.5 Å². The molecule has 4 N–H and O–H groups in total. The Hall–Kier alpha value is -1.68. The van der Waals surface area contributed by atoms with E-state index in [2.05, 4.69) is 54.5 Å². The summed E-state index contributed by atoms with van der Waals surface area (Å²) in [6, 6.07) is 0. The molecule has 1 aliphatic rings. The molecule has 0 radical (unpaired) electrons. The van der Waals surface area contributed by atoms with Gasteiger partial charge in [-0.25, -0.2) is 4.18 Å². The van der Waals surface area contributed by atoms with Crippen LogP contribution in [-0.2, 0) is 38.3 Å². The molecule has 1 rings (SSSR count). The van der Waals surface area contributed by atoms with E-state index < -0.39 is 59.8 Å². The summed E-state index contributed by atoms with van der Waals surface area (Å²) in [5.41, 5.74) is 0. The van der Waals surface area contributed by atoms with Gasteiger partial charge in [-0.1, -0.05) is 185 Å². The second-order valence-corrected chi connectivity index (χ2v) is 19.2. The van der Waals surface area contributed by atoms with Crippen molar-refractivity contribution in [3.8, 4) is 0 Å². The Morgan fingerprint density at radius 1 is 0.585 bits per heavy atom. The maximum atomic E-state index is 12.9. The topological polar surface area (TPSA) is 178 Å². The highest BCUT2D eigenvalue weighted by molar-refractivity contribution is 7.80. The van der Waals surface area contributed by atoms with Crippen LogP contribution in [0.25, 0.3) is 0 Å². The molecule has 6 atom stereocenters. The lowest BCUT2D eigenvalue weighted by atomic mass is 9.99. The summed E-state index contributed by atoms with van der Waals surface area (Å²) in [6.45, 7) is 3.98. The number of aliphatic hydroxyl groups is 3. The Morgan fingerprint density at radius 3 is 1.49 bits per heavy atom. The van der Waals surface area contributed by atoms with E-state index in [0.29, 0.717) is 13.0 Å². The van der Waals surface area contributed by atoms with Crippen LogP contribution in [0.1, 0.15) is 226 Å². The summed E-state index contributed by atoms with van der Waals surface area (Å²) in [6.07, 6.45) is 43.1. The number of allylic oxidation sites excluding steroid dienone is 6. The highest BCUT2D eigenvalue weighted by atomic mass is 32.3. The molecule has 65 heavy (non-hydrogen) atoms. The average Bonchev–Trinajstić information content (AvgIpc) is 3.28. The smallest absolute Gasteiger partial charge is 0.397 e. The van der Waals surface area contributed by atoms with Gasteiger partial charge in [0.25, 0.3) is 0 Å². The number of aliphatic hydroxyl groups excluding tert-OH is 3. The van der Waals surface area contributed by atoms with Gasteiger partial charge >= 0.3 is 16.4 Å². The summed E-state index contributed by atoms with van der Waals surface area (Å²) in [5.74, 6) is -0.402. The van der Waals surface area contributed by atoms with Gasteiger partial charge in [-0.3, -0.25) is 9.35 Å². The van der Waals surface area contributed by atoms with Gasteiger partial charge in [-0.2, -0.15) is 8.42 Å². The van der Waals surface area contributed by atoms with Crippen LogP contribution in [0.4, 0.5) is 0 Å². The van der Waals surface area contributed by atoms with Crippen molar-refractivity contribution >= 4 is 16.4 Å². The van der Waals surface area contributed by atoms with E-state index in [-0.39, 0.29) is 19.6 Å². The van der Waals surface area contributed by atoms with Gasteiger partial charge in [0.2, 0.25) is 0 Å². The predicted octanol–water partition coefficient (Wildman–Crippen LogP) is 12.1. The van der Waals surface area contributed by atoms with Crippen LogP contribution in [0.5, 0.6) is 0 Å². The second kappa shape index (κ2) is 43.6. The number of carbonyl (C=O) groups excluding carboxylic acids is 1. The maximum absolute atomic E-state index is 12.9. The predicted molar refractivity (Wildman–Crippen MR) is 262 cm³/mol. The molecule has 12 nitrogen and oxygen atoms in total. The third kappa shape index (κ3) is 37.0. The molecule has 0 bridgehead atoms. The standard InChI is InChI=1S/C52H96O12S/c1-3-5-7-9-11-13-15-17-19-21-23-25-27-29-31-33-35-37-39-41-48(54)62-46(45-61-52-50(56)51(64-65(57,58)59)49(55)47(43-53)63-52)44-60-42-40-38-36-34-32-30-28-26-24-22-20-18-16-14-12-10-8-6-4-2/h14,16-17,19-20,22,46-47,49-53,55-56H,3-13,15,18,21,23-45H2,1-2H3,(H,57,58,59)/b16-14-,19-17-,22-20-. The first-order chi connectivity index (χ1) is 31.6. The quantitative estimate of drug-likeness (QED) is 0.0197. The van der Waals surface area contributed by atoms with E-state index >= 15 is 0 Å². The number of rotatable bonds is 46.